The van der Waals surface area contributed by atoms with Crippen molar-refractivity contribution in [1.82, 2.24) is 5.32 Å². The van der Waals surface area contributed by atoms with Crippen LogP contribution in [0.25, 0.3) is 0 Å². The maximum atomic E-state index is 12.1. The number of nitrogens with one attached hydrogen (secondary N) is 1. The summed E-state index contributed by atoms with van der Waals surface area (Å²) in [7, 11) is 0. The highest BCUT2D eigenvalue weighted by Gasteiger charge is 2.38. The first-order valence-electron chi connectivity index (χ1n) is 10.3. The van der Waals surface area contributed by atoms with Crippen molar-refractivity contribution in [2.45, 2.75) is 103 Å². The SMILES string of the molecule is CCCCC/C=C\C/C=C\CC1(O)CCCCCC(=O)N[C@H]1C(C)C. The number of carbonyl (C=O) groups excluding carboxylic acids is 1. The van der Waals surface area contributed by atoms with E-state index in [4.69, 9.17) is 0 Å². The van der Waals surface area contributed by atoms with Gasteiger partial charge in [-0.2, -0.15) is 0 Å². The number of hydrogen-bond acceptors (Lipinski definition) is 2. The summed E-state index contributed by atoms with van der Waals surface area (Å²) in [6, 6.07) is -0.174. The molecule has 0 bridgehead atoms. The second-order valence-electron chi connectivity index (χ2n) is 7.83. The van der Waals surface area contributed by atoms with Gasteiger partial charge in [0.15, 0.2) is 0 Å². The minimum Gasteiger partial charge on any atom is -0.387 e. The molecule has 1 aliphatic heterocycles. The predicted molar refractivity (Wildman–Crippen MR) is 106 cm³/mol. The fourth-order valence-electron chi connectivity index (χ4n) is 3.63. The van der Waals surface area contributed by atoms with Crippen LogP contribution >= 0.6 is 0 Å². The maximum Gasteiger partial charge on any atom is 0.220 e. The van der Waals surface area contributed by atoms with E-state index in [1.54, 1.807) is 0 Å². The predicted octanol–water partition coefficient (Wildman–Crippen LogP) is 5.30. The first-order valence-corrected chi connectivity index (χ1v) is 10.3. The molecule has 2 N–H and O–H groups in total. The maximum absolute atomic E-state index is 12.1. The molecule has 144 valence electrons. The van der Waals surface area contributed by atoms with Gasteiger partial charge in [-0.3, -0.25) is 4.79 Å². The van der Waals surface area contributed by atoms with E-state index in [9.17, 15) is 9.90 Å². The lowest BCUT2D eigenvalue weighted by Gasteiger charge is -2.38. The Balaban J connectivity index is 2.57. The molecule has 0 saturated carbocycles. The van der Waals surface area contributed by atoms with Crippen LogP contribution in [0, 0.1) is 5.92 Å². The zero-order valence-electron chi connectivity index (χ0n) is 16.6. The Morgan fingerprint density at radius 1 is 1.16 bits per heavy atom. The van der Waals surface area contributed by atoms with Gasteiger partial charge >= 0.3 is 0 Å². The van der Waals surface area contributed by atoms with Crippen LogP contribution in [-0.4, -0.2) is 22.7 Å². The van der Waals surface area contributed by atoms with Gasteiger partial charge in [0.2, 0.25) is 5.91 Å². The van der Waals surface area contributed by atoms with Crippen molar-refractivity contribution in [3.8, 4) is 0 Å². The molecule has 0 aliphatic carbocycles. The number of carbonyl (C=O) groups is 1. The molecule has 1 heterocycles. The molecular formula is C22H39NO2. The summed E-state index contributed by atoms with van der Waals surface area (Å²) in [5, 5.41) is 14.4. The Morgan fingerprint density at radius 2 is 1.92 bits per heavy atom. The highest BCUT2D eigenvalue weighted by atomic mass is 16.3. The Bertz CT molecular complexity index is 428. The van der Waals surface area contributed by atoms with E-state index in [2.05, 4.69) is 50.4 Å². The molecule has 1 amide bonds. The zero-order chi connectivity index (χ0) is 18.5. The number of rotatable bonds is 9. The van der Waals surface area contributed by atoms with Crippen LogP contribution in [0.4, 0.5) is 0 Å². The fraction of sp³-hybridized carbons (Fsp3) is 0.773. The van der Waals surface area contributed by atoms with Crippen LogP contribution < -0.4 is 5.32 Å². The Labute approximate surface area is 155 Å². The molecule has 1 fully saturated rings. The van der Waals surface area contributed by atoms with Gasteiger partial charge in [-0.1, -0.05) is 70.8 Å². The quantitative estimate of drug-likeness (QED) is 0.438. The van der Waals surface area contributed by atoms with Crippen molar-refractivity contribution in [2.75, 3.05) is 0 Å². The van der Waals surface area contributed by atoms with E-state index in [0.717, 1.165) is 38.5 Å². The van der Waals surface area contributed by atoms with Crippen LogP contribution in [0.3, 0.4) is 0 Å². The van der Waals surface area contributed by atoms with Crippen molar-refractivity contribution in [3.63, 3.8) is 0 Å². The summed E-state index contributed by atoms with van der Waals surface area (Å²) in [6.45, 7) is 6.38. The summed E-state index contributed by atoms with van der Waals surface area (Å²) >= 11 is 0. The molecule has 2 atom stereocenters. The van der Waals surface area contributed by atoms with Crippen molar-refractivity contribution in [1.29, 1.82) is 0 Å². The highest BCUT2D eigenvalue weighted by Crippen LogP contribution is 2.29. The van der Waals surface area contributed by atoms with Crippen LogP contribution in [0.2, 0.25) is 0 Å². The molecule has 1 aliphatic rings. The molecule has 1 saturated heterocycles. The topological polar surface area (TPSA) is 49.3 Å². The zero-order valence-corrected chi connectivity index (χ0v) is 16.6. The van der Waals surface area contributed by atoms with Crippen molar-refractivity contribution in [2.24, 2.45) is 5.92 Å². The standard InChI is InChI=1S/C22H39NO2/c1-4-5-6-7-8-9-10-11-14-17-22(25)18-15-12-13-16-20(24)23-21(22)19(2)3/h8-9,11,14,19,21,25H,4-7,10,12-13,15-18H2,1-3H3,(H,23,24)/b9-8-,14-11-/t21-,22?/m0/s1. The fourth-order valence-corrected chi connectivity index (χ4v) is 3.63. The lowest BCUT2D eigenvalue weighted by molar-refractivity contribution is -0.125. The normalized spacial score (nSPS) is 26.0. The molecule has 0 aromatic rings. The van der Waals surface area contributed by atoms with Gasteiger partial charge < -0.3 is 10.4 Å². The lowest BCUT2D eigenvalue weighted by atomic mass is 9.80. The summed E-state index contributed by atoms with van der Waals surface area (Å²) in [6.07, 6.45) is 19.5. The minimum atomic E-state index is -0.838. The Kier molecular flexibility index (Phi) is 10.8. The average molecular weight is 350 g/mol. The van der Waals surface area contributed by atoms with Gasteiger partial charge in [-0.25, -0.2) is 0 Å². The Morgan fingerprint density at radius 3 is 2.64 bits per heavy atom. The molecule has 25 heavy (non-hydrogen) atoms. The van der Waals surface area contributed by atoms with Crippen LogP contribution in [-0.2, 0) is 4.79 Å². The van der Waals surface area contributed by atoms with E-state index >= 15 is 0 Å². The molecule has 3 nitrogen and oxygen atoms in total. The minimum absolute atomic E-state index is 0.0815. The summed E-state index contributed by atoms with van der Waals surface area (Å²) < 4.78 is 0. The van der Waals surface area contributed by atoms with E-state index in [0.29, 0.717) is 12.8 Å². The van der Waals surface area contributed by atoms with Crippen molar-refractivity contribution in [3.05, 3.63) is 24.3 Å². The lowest BCUT2D eigenvalue weighted by Crippen LogP contribution is -2.55. The Hall–Kier alpha value is -1.09. The van der Waals surface area contributed by atoms with E-state index in [1.165, 1.54) is 19.3 Å². The van der Waals surface area contributed by atoms with Crippen LogP contribution in [0.5, 0.6) is 0 Å². The van der Waals surface area contributed by atoms with E-state index < -0.39 is 5.60 Å². The highest BCUT2D eigenvalue weighted by molar-refractivity contribution is 5.76. The summed E-state index contributed by atoms with van der Waals surface area (Å²) in [5.74, 6) is 0.303. The van der Waals surface area contributed by atoms with Gasteiger partial charge in [0.25, 0.3) is 0 Å². The van der Waals surface area contributed by atoms with Gasteiger partial charge in [0.1, 0.15) is 0 Å². The smallest absolute Gasteiger partial charge is 0.220 e. The molecule has 1 rings (SSSR count). The van der Waals surface area contributed by atoms with Gasteiger partial charge in [-0.05, 0) is 44.4 Å². The second-order valence-corrected chi connectivity index (χ2v) is 7.83. The molecule has 3 heteroatoms. The number of aliphatic hydroxyl groups is 1. The number of allylic oxidation sites excluding steroid dienone is 3. The third-order valence-corrected chi connectivity index (χ3v) is 5.13. The van der Waals surface area contributed by atoms with Gasteiger partial charge in [0.05, 0.1) is 11.6 Å². The molecule has 0 aromatic carbocycles. The van der Waals surface area contributed by atoms with Crippen molar-refractivity contribution < 1.29 is 9.90 Å². The first-order chi connectivity index (χ1) is 12.0. The number of unbranched alkanes of at least 4 members (excludes halogenated alkanes) is 3. The number of amides is 1. The van der Waals surface area contributed by atoms with Crippen molar-refractivity contribution >= 4 is 5.91 Å². The van der Waals surface area contributed by atoms with E-state index in [1.807, 2.05) is 0 Å². The molecule has 0 aromatic heterocycles. The molecule has 0 spiro atoms. The van der Waals surface area contributed by atoms with Gasteiger partial charge in [0, 0.05) is 6.42 Å². The van der Waals surface area contributed by atoms with E-state index in [-0.39, 0.29) is 17.9 Å². The molecule has 1 unspecified atom stereocenters. The largest absolute Gasteiger partial charge is 0.387 e. The number of hydrogen-bond donors (Lipinski definition) is 2. The second kappa shape index (κ2) is 12.3. The molecular weight excluding hydrogens is 310 g/mol. The first kappa shape index (κ1) is 22.0. The summed E-state index contributed by atoms with van der Waals surface area (Å²) in [5.41, 5.74) is -0.838. The monoisotopic (exact) mass is 349 g/mol. The average Bonchev–Trinajstić information content (AvgIpc) is 2.64. The van der Waals surface area contributed by atoms with Crippen LogP contribution in [0.15, 0.2) is 24.3 Å². The summed E-state index contributed by atoms with van der Waals surface area (Å²) in [4.78, 5) is 12.1. The third kappa shape index (κ3) is 8.71. The molecule has 0 radical (unpaired) electrons. The third-order valence-electron chi connectivity index (χ3n) is 5.13. The van der Waals surface area contributed by atoms with Gasteiger partial charge in [-0.15, -0.1) is 0 Å². The van der Waals surface area contributed by atoms with Crippen LogP contribution in [0.1, 0.15) is 91.4 Å².